The molecule has 2 aromatic carbocycles. The SMILES string of the molecule is COc1cccc(OC)c1C1(C(=O)NS(=O)(=O)Cc2ccc(C3NC(OCC(F)(F)F)C4=C3C(=O)C(OCC(F)(F)F)c3cccnc34)c(C)c2)CC1. The fraction of sp³-hybridized carbons (Fsp3) is 0.400. The molecule has 3 aliphatic rings. The Kier molecular flexibility index (Phi) is 10.1. The van der Waals surface area contributed by atoms with Gasteiger partial charge < -0.3 is 18.9 Å². The van der Waals surface area contributed by atoms with E-state index in [0.717, 1.165) is 0 Å². The van der Waals surface area contributed by atoms with Crippen molar-refractivity contribution in [2.45, 2.75) is 61.7 Å². The number of carbonyl (C=O) groups excluding carboxylic acids is 2. The lowest BCUT2D eigenvalue weighted by molar-refractivity contribution is -0.187. The summed E-state index contributed by atoms with van der Waals surface area (Å²) in [6, 6.07) is 10.7. The third-order valence-electron chi connectivity index (χ3n) is 9.21. The van der Waals surface area contributed by atoms with Gasteiger partial charge in [-0.1, -0.05) is 30.3 Å². The van der Waals surface area contributed by atoms with Gasteiger partial charge in [0.05, 0.1) is 42.7 Å². The van der Waals surface area contributed by atoms with Gasteiger partial charge in [0.1, 0.15) is 37.0 Å². The number of amides is 1. The molecule has 2 heterocycles. The molecule has 0 spiro atoms. The van der Waals surface area contributed by atoms with Crippen LogP contribution in [0.2, 0.25) is 0 Å². The zero-order valence-corrected chi connectivity index (χ0v) is 29.2. The second-order valence-corrected chi connectivity index (χ2v) is 14.6. The number of pyridine rings is 1. The lowest BCUT2D eigenvalue weighted by Gasteiger charge is -2.28. The quantitative estimate of drug-likeness (QED) is 0.234. The van der Waals surface area contributed by atoms with E-state index >= 15 is 0 Å². The van der Waals surface area contributed by atoms with E-state index in [4.69, 9.17) is 18.9 Å². The van der Waals surface area contributed by atoms with Gasteiger partial charge in [-0.15, -0.1) is 0 Å². The number of carbonyl (C=O) groups is 2. The lowest BCUT2D eigenvalue weighted by atomic mass is 9.82. The van der Waals surface area contributed by atoms with E-state index in [2.05, 4.69) is 15.0 Å². The van der Waals surface area contributed by atoms with Gasteiger partial charge in [-0.3, -0.25) is 24.6 Å². The van der Waals surface area contributed by atoms with Gasteiger partial charge in [0.2, 0.25) is 15.9 Å². The molecule has 2 aliphatic carbocycles. The summed E-state index contributed by atoms with van der Waals surface area (Å²) >= 11 is 0. The maximum Gasteiger partial charge on any atom is 0.411 e. The van der Waals surface area contributed by atoms with E-state index in [1.165, 1.54) is 50.7 Å². The highest BCUT2D eigenvalue weighted by molar-refractivity contribution is 7.89. The van der Waals surface area contributed by atoms with Crippen molar-refractivity contribution in [2.75, 3.05) is 27.4 Å². The summed E-state index contributed by atoms with van der Waals surface area (Å²) < 4.78 is 129. The van der Waals surface area contributed by atoms with Crippen molar-refractivity contribution in [2.24, 2.45) is 0 Å². The summed E-state index contributed by atoms with van der Waals surface area (Å²) in [4.78, 5) is 31.6. The molecular weight excluding hydrogens is 736 g/mol. The van der Waals surface area contributed by atoms with Crippen LogP contribution in [0.3, 0.4) is 0 Å². The number of hydrogen-bond acceptors (Lipinski definition) is 10. The minimum Gasteiger partial charge on any atom is -0.496 e. The van der Waals surface area contributed by atoms with E-state index in [-0.39, 0.29) is 28.0 Å². The van der Waals surface area contributed by atoms with Crippen molar-refractivity contribution in [3.63, 3.8) is 0 Å². The van der Waals surface area contributed by atoms with Crippen molar-refractivity contribution < 1.29 is 63.3 Å². The maximum absolute atomic E-state index is 13.9. The summed E-state index contributed by atoms with van der Waals surface area (Å²) in [6.45, 7) is -1.94. The molecule has 53 heavy (non-hydrogen) atoms. The Morgan fingerprint density at radius 3 is 2.15 bits per heavy atom. The van der Waals surface area contributed by atoms with Crippen LogP contribution in [0.1, 0.15) is 58.5 Å². The van der Waals surface area contributed by atoms with E-state index in [0.29, 0.717) is 41.0 Å². The van der Waals surface area contributed by atoms with Crippen molar-refractivity contribution >= 4 is 27.3 Å². The summed E-state index contributed by atoms with van der Waals surface area (Å²) in [5, 5.41) is 2.85. The molecule has 6 rings (SSSR count). The highest BCUT2D eigenvalue weighted by Crippen LogP contribution is 2.55. The number of ketones is 1. The smallest absolute Gasteiger partial charge is 0.411 e. The average Bonchev–Trinajstić information content (AvgIpc) is 3.80. The number of rotatable bonds is 12. The van der Waals surface area contributed by atoms with Crippen LogP contribution < -0.4 is 19.5 Å². The van der Waals surface area contributed by atoms with Crippen LogP contribution in [0, 0.1) is 6.92 Å². The highest BCUT2D eigenvalue weighted by Gasteiger charge is 2.55. The molecule has 1 aromatic heterocycles. The van der Waals surface area contributed by atoms with Gasteiger partial charge in [0.25, 0.3) is 0 Å². The van der Waals surface area contributed by atoms with E-state index < -0.39 is 76.8 Å². The van der Waals surface area contributed by atoms with Gasteiger partial charge >= 0.3 is 12.4 Å². The Balaban J connectivity index is 1.29. The van der Waals surface area contributed by atoms with Gasteiger partial charge in [0, 0.05) is 22.9 Å². The maximum atomic E-state index is 13.9. The first kappa shape index (κ1) is 38.2. The molecular formula is C35H33F6N3O8S. The number of methoxy groups -OCH3 is 2. The van der Waals surface area contributed by atoms with Crippen LogP contribution in [-0.4, -0.2) is 71.1 Å². The highest BCUT2D eigenvalue weighted by atomic mass is 32.2. The Hall–Kier alpha value is -4.52. The molecule has 2 N–H and O–H groups in total. The van der Waals surface area contributed by atoms with Crippen LogP contribution in [-0.2, 0) is 40.3 Å². The number of aryl methyl sites for hydroxylation is 1. The number of alkyl halides is 6. The Bertz CT molecular complexity index is 2060. The number of nitrogens with one attached hydrogen (secondary N) is 2. The van der Waals surface area contributed by atoms with E-state index in [1.807, 2.05) is 0 Å². The zero-order valence-electron chi connectivity index (χ0n) is 28.4. The number of aromatic nitrogens is 1. The second-order valence-electron chi connectivity index (χ2n) is 12.8. The number of Topliss-reactive ketones (excluding diaryl/α,β-unsaturated/α-hetero) is 1. The molecule has 284 valence electrons. The number of sulfonamides is 1. The van der Waals surface area contributed by atoms with Gasteiger partial charge in [-0.05, 0) is 54.7 Å². The minimum atomic E-state index is -4.80. The fourth-order valence-electron chi connectivity index (χ4n) is 6.86. The zero-order chi connectivity index (χ0) is 38.5. The number of hydrogen-bond donors (Lipinski definition) is 2. The first-order valence-corrected chi connectivity index (χ1v) is 17.8. The largest absolute Gasteiger partial charge is 0.496 e. The molecule has 1 aliphatic heterocycles. The Morgan fingerprint density at radius 2 is 1.57 bits per heavy atom. The first-order valence-electron chi connectivity index (χ1n) is 16.1. The Morgan fingerprint density at radius 1 is 0.925 bits per heavy atom. The molecule has 18 heteroatoms. The normalized spacial score (nSPS) is 20.8. The fourth-order valence-corrected chi connectivity index (χ4v) is 8.03. The predicted molar refractivity (Wildman–Crippen MR) is 175 cm³/mol. The molecule has 0 radical (unpaired) electrons. The molecule has 1 amide bonds. The monoisotopic (exact) mass is 769 g/mol. The Labute approximate surface area is 299 Å². The summed E-state index contributed by atoms with van der Waals surface area (Å²) in [7, 11) is -1.45. The van der Waals surface area contributed by atoms with Gasteiger partial charge in [0.15, 0.2) is 5.78 Å². The molecule has 3 aromatic rings. The molecule has 3 atom stereocenters. The molecule has 0 bridgehead atoms. The molecule has 0 saturated heterocycles. The van der Waals surface area contributed by atoms with Crippen LogP contribution in [0.15, 0.2) is 60.3 Å². The molecule has 1 saturated carbocycles. The number of halogens is 6. The number of ether oxygens (including phenoxy) is 4. The van der Waals surface area contributed by atoms with Crippen molar-refractivity contribution in [1.82, 2.24) is 15.0 Å². The molecule has 3 unspecified atom stereocenters. The van der Waals surface area contributed by atoms with Crippen molar-refractivity contribution in [3.8, 4) is 11.5 Å². The van der Waals surface area contributed by atoms with Crippen molar-refractivity contribution in [1.29, 1.82) is 0 Å². The summed E-state index contributed by atoms with van der Waals surface area (Å²) in [6.07, 6.45) is -10.9. The van der Waals surface area contributed by atoms with Crippen LogP contribution in [0.25, 0.3) is 5.57 Å². The molecule has 11 nitrogen and oxygen atoms in total. The van der Waals surface area contributed by atoms with Crippen LogP contribution in [0.4, 0.5) is 26.3 Å². The predicted octanol–water partition coefficient (Wildman–Crippen LogP) is 5.29. The van der Waals surface area contributed by atoms with Crippen LogP contribution in [0.5, 0.6) is 11.5 Å². The first-order chi connectivity index (χ1) is 24.9. The number of benzene rings is 2. The second kappa shape index (κ2) is 14.0. The standard InChI is InChI=1S/C35H33F6N3O8S/c1-18-14-19(15-53(47,48)44-32(46)33(11-12-33)26-22(49-2)7-4-8-23(26)50-3)9-10-20(18)28-24-25(31(43-28)52-17-35(39,40)41)27-21(6-5-13-42-27)30(29(24)45)51-16-34(36,37)38/h4-10,13-14,28,30-31,43H,11-12,15-17H2,1-3H3,(H,44,46). The summed E-state index contributed by atoms with van der Waals surface area (Å²) in [5.41, 5.74) is -0.304. The summed E-state index contributed by atoms with van der Waals surface area (Å²) in [5.74, 6) is -1.62. The number of fused-ring (bicyclic) bond motifs is 2. The topological polar surface area (TPSA) is 142 Å². The minimum absolute atomic E-state index is 0.0632. The lowest BCUT2D eigenvalue weighted by Crippen LogP contribution is -2.39. The van der Waals surface area contributed by atoms with E-state index in [9.17, 15) is 44.3 Å². The van der Waals surface area contributed by atoms with E-state index in [1.54, 1.807) is 25.1 Å². The average molecular weight is 770 g/mol. The van der Waals surface area contributed by atoms with Crippen molar-refractivity contribution in [3.05, 3.63) is 93.8 Å². The van der Waals surface area contributed by atoms with Gasteiger partial charge in [-0.2, -0.15) is 26.3 Å². The van der Waals surface area contributed by atoms with Crippen LogP contribution >= 0.6 is 0 Å². The third kappa shape index (κ3) is 7.76. The number of nitrogens with zero attached hydrogens (tertiary/aromatic N) is 1. The third-order valence-corrected chi connectivity index (χ3v) is 10.4. The van der Waals surface area contributed by atoms with Gasteiger partial charge in [-0.25, -0.2) is 8.42 Å². The molecule has 1 fully saturated rings.